The molecule has 0 spiro atoms. The molecule has 12 heteroatoms. The third-order valence-corrected chi connectivity index (χ3v) is 8.34. The molecule has 2 aromatic carbocycles. The molecular weight excluding hydrogens is 591 g/mol. The molecule has 0 bridgehead atoms. The van der Waals surface area contributed by atoms with Crippen molar-refractivity contribution in [2.45, 2.75) is 76.7 Å². The Balaban J connectivity index is 1.29. The number of ether oxygens (including phenoxy) is 7. The number of phosphoric ester groups is 1. The first-order valence-corrected chi connectivity index (χ1v) is 16.7. The maximum Gasteiger partial charge on any atom is 0.474 e. The Morgan fingerprint density at radius 2 is 1.52 bits per heavy atom. The molecule has 2 heterocycles. The molecule has 5 unspecified atom stereocenters. The summed E-state index contributed by atoms with van der Waals surface area (Å²) in [7, 11) is -2.69. The number of rotatable bonds is 20. The van der Waals surface area contributed by atoms with E-state index in [1.165, 1.54) is 7.11 Å². The van der Waals surface area contributed by atoms with Gasteiger partial charge in [-0.05, 0) is 44.2 Å². The summed E-state index contributed by atoms with van der Waals surface area (Å²) in [6, 6.07) is 19.6. The first-order valence-electron chi connectivity index (χ1n) is 15.2. The zero-order valence-corrected chi connectivity index (χ0v) is 26.9. The van der Waals surface area contributed by atoms with E-state index in [2.05, 4.69) is 0 Å². The molecule has 0 aromatic heterocycles. The summed E-state index contributed by atoms with van der Waals surface area (Å²) in [4.78, 5) is 0. The minimum absolute atomic E-state index is 0.0741. The average molecular weight is 639 g/mol. The maximum absolute atomic E-state index is 13.5. The normalized spacial score (nSPS) is 22.8. The Kier molecular flexibility index (Phi) is 14.7. The summed E-state index contributed by atoms with van der Waals surface area (Å²) in [5.74, 6) is -0.638. The van der Waals surface area contributed by atoms with E-state index in [-0.39, 0.29) is 32.5 Å². The largest absolute Gasteiger partial charge is 0.474 e. The molecule has 2 saturated heterocycles. The minimum atomic E-state index is -3.97. The van der Waals surface area contributed by atoms with Crippen LogP contribution in [0.4, 0.5) is 0 Å². The standard InChI is InChI=1S/C32H47O11P/c1-32(2)39-23-30(43-32)22-36-21-29(42-31-16-10-11-17-37-31)25-41-44(33,34-3)40-24-28(38-19-27-14-8-5-9-15-27)20-35-18-26-12-6-4-7-13-26/h4-9,12-15,28-31H,10-11,16-25H2,1-3H3. The number of hydrogen-bond acceptors (Lipinski definition) is 11. The molecule has 44 heavy (non-hydrogen) atoms. The molecule has 2 aromatic rings. The molecular formula is C32H47O11P. The van der Waals surface area contributed by atoms with E-state index in [9.17, 15) is 4.57 Å². The molecule has 246 valence electrons. The van der Waals surface area contributed by atoms with E-state index < -0.39 is 32.1 Å². The van der Waals surface area contributed by atoms with Gasteiger partial charge >= 0.3 is 7.82 Å². The fourth-order valence-corrected chi connectivity index (χ4v) is 5.63. The second kappa shape index (κ2) is 18.4. The van der Waals surface area contributed by atoms with Crippen LogP contribution < -0.4 is 0 Å². The molecule has 2 fully saturated rings. The van der Waals surface area contributed by atoms with Crippen LogP contribution in [0.2, 0.25) is 0 Å². The van der Waals surface area contributed by atoms with Gasteiger partial charge in [-0.15, -0.1) is 0 Å². The molecule has 0 amide bonds. The van der Waals surface area contributed by atoms with Gasteiger partial charge < -0.3 is 33.2 Å². The summed E-state index contributed by atoms with van der Waals surface area (Å²) >= 11 is 0. The second-order valence-corrected chi connectivity index (χ2v) is 13.0. The zero-order valence-electron chi connectivity index (χ0n) is 26.0. The third-order valence-electron chi connectivity index (χ3n) is 6.96. The van der Waals surface area contributed by atoms with Crippen LogP contribution in [-0.2, 0) is 64.5 Å². The SMILES string of the molecule is COP(=O)(OCC(COCc1ccccc1)OCc1ccccc1)OCC(COCC1COC(C)(C)O1)OC1CCCCO1. The van der Waals surface area contributed by atoms with Crippen molar-refractivity contribution in [3.63, 3.8) is 0 Å². The molecule has 0 aliphatic carbocycles. The molecule has 0 saturated carbocycles. The Bertz CT molecular complexity index is 1100. The van der Waals surface area contributed by atoms with Gasteiger partial charge in [0, 0.05) is 13.7 Å². The first kappa shape index (κ1) is 35.1. The number of benzene rings is 2. The quantitative estimate of drug-likeness (QED) is 0.168. The van der Waals surface area contributed by atoms with Gasteiger partial charge in [0.1, 0.15) is 18.3 Å². The van der Waals surface area contributed by atoms with Gasteiger partial charge in [0.05, 0.1) is 52.9 Å². The van der Waals surface area contributed by atoms with Crippen LogP contribution >= 0.6 is 7.82 Å². The highest BCUT2D eigenvalue weighted by atomic mass is 31.2. The van der Waals surface area contributed by atoms with Crippen LogP contribution in [0.5, 0.6) is 0 Å². The van der Waals surface area contributed by atoms with Gasteiger partial charge in [-0.1, -0.05) is 60.7 Å². The zero-order chi connectivity index (χ0) is 31.1. The van der Waals surface area contributed by atoms with Crippen molar-refractivity contribution in [2.75, 3.05) is 53.4 Å². The second-order valence-electron chi connectivity index (χ2n) is 11.2. The number of phosphoric acid groups is 1. The minimum Gasteiger partial charge on any atom is -0.376 e. The van der Waals surface area contributed by atoms with Crippen LogP contribution in [-0.4, -0.2) is 83.7 Å². The molecule has 4 rings (SSSR count). The molecule has 0 N–H and O–H groups in total. The fourth-order valence-electron chi connectivity index (χ4n) is 4.64. The van der Waals surface area contributed by atoms with Gasteiger partial charge in [0.25, 0.3) is 0 Å². The van der Waals surface area contributed by atoms with Crippen LogP contribution in [0.25, 0.3) is 0 Å². The molecule has 0 radical (unpaired) electrons. The highest BCUT2D eigenvalue weighted by Crippen LogP contribution is 2.49. The predicted octanol–water partition coefficient (Wildman–Crippen LogP) is 5.66. The smallest absolute Gasteiger partial charge is 0.376 e. The van der Waals surface area contributed by atoms with E-state index in [4.69, 9.17) is 46.7 Å². The van der Waals surface area contributed by atoms with Gasteiger partial charge in [0.15, 0.2) is 12.1 Å². The Hall–Kier alpha value is -1.73. The van der Waals surface area contributed by atoms with Crippen LogP contribution in [0.15, 0.2) is 60.7 Å². The molecule has 2 aliphatic rings. The molecule has 5 atom stereocenters. The highest BCUT2D eigenvalue weighted by Gasteiger charge is 2.34. The lowest BCUT2D eigenvalue weighted by molar-refractivity contribution is -0.206. The van der Waals surface area contributed by atoms with Gasteiger partial charge in [-0.25, -0.2) is 4.57 Å². The lowest BCUT2D eigenvalue weighted by Gasteiger charge is -2.28. The summed E-state index contributed by atoms with van der Waals surface area (Å²) < 4.78 is 71.3. The first-order chi connectivity index (χ1) is 21.3. The summed E-state index contributed by atoms with van der Waals surface area (Å²) in [6.45, 7) is 6.06. The van der Waals surface area contributed by atoms with Crippen LogP contribution in [0, 0.1) is 0 Å². The van der Waals surface area contributed by atoms with Crippen LogP contribution in [0.3, 0.4) is 0 Å². The van der Waals surface area contributed by atoms with E-state index in [0.717, 1.165) is 30.4 Å². The van der Waals surface area contributed by atoms with Crippen molar-refractivity contribution >= 4 is 7.82 Å². The lowest BCUT2D eigenvalue weighted by Crippen LogP contribution is -2.35. The van der Waals surface area contributed by atoms with E-state index in [1.54, 1.807) is 0 Å². The lowest BCUT2D eigenvalue weighted by atomic mass is 10.2. The van der Waals surface area contributed by atoms with Crippen LogP contribution in [0.1, 0.15) is 44.2 Å². The Morgan fingerprint density at radius 3 is 2.14 bits per heavy atom. The van der Waals surface area contributed by atoms with Gasteiger partial charge in [-0.2, -0.15) is 0 Å². The van der Waals surface area contributed by atoms with Gasteiger partial charge in [0.2, 0.25) is 0 Å². The van der Waals surface area contributed by atoms with Crippen molar-refractivity contribution in [1.82, 2.24) is 0 Å². The highest BCUT2D eigenvalue weighted by molar-refractivity contribution is 7.48. The molecule has 11 nitrogen and oxygen atoms in total. The average Bonchev–Trinajstić information content (AvgIpc) is 3.40. The summed E-state index contributed by atoms with van der Waals surface area (Å²) in [5, 5.41) is 0. The maximum atomic E-state index is 13.5. The van der Waals surface area contributed by atoms with Crippen molar-refractivity contribution in [3.8, 4) is 0 Å². The van der Waals surface area contributed by atoms with E-state index in [1.807, 2.05) is 74.5 Å². The van der Waals surface area contributed by atoms with Crippen molar-refractivity contribution in [3.05, 3.63) is 71.8 Å². The Morgan fingerprint density at radius 1 is 0.864 bits per heavy atom. The summed E-state index contributed by atoms with van der Waals surface area (Å²) in [6.07, 6.45) is 1.04. The third kappa shape index (κ3) is 12.9. The predicted molar refractivity (Wildman–Crippen MR) is 162 cm³/mol. The number of hydrogen-bond donors (Lipinski definition) is 0. The van der Waals surface area contributed by atoms with E-state index in [0.29, 0.717) is 33.0 Å². The Labute approximate surface area is 260 Å². The monoisotopic (exact) mass is 638 g/mol. The molecule has 2 aliphatic heterocycles. The topological polar surface area (TPSA) is 109 Å². The van der Waals surface area contributed by atoms with Crippen molar-refractivity contribution < 1.29 is 51.3 Å². The van der Waals surface area contributed by atoms with Crippen molar-refractivity contribution in [1.29, 1.82) is 0 Å². The fraction of sp³-hybridized carbons (Fsp3) is 0.625. The summed E-state index contributed by atoms with van der Waals surface area (Å²) in [5.41, 5.74) is 2.03. The van der Waals surface area contributed by atoms with E-state index >= 15 is 0 Å². The van der Waals surface area contributed by atoms with Crippen molar-refractivity contribution in [2.24, 2.45) is 0 Å². The van der Waals surface area contributed by atoms with Gasteiger partial charge in [-0.3, -0.25) is 13.6 Å².